The third-order valence-corrected chi connectivity index (χ3v) is 5.35. The Morgan fingerprint density at radius 3 is 2.39 bits per heavy atom. The minimum atomic E-state index is -4.51. The van der Waals surface area contributed by atoms with Crippen LogP contribution in [0.15, 0.2) is 58.6 Å². The molecule has 1 aromatic heterocycles. The van der Waals surface area contributed by atoms with Gasteiger partial charge in [-0.05, 0) is 42.7 Å². The number of primary amides is 1. The molecule has 1 aromatic carbocycles. The molecule has 0 radical (unpaired) electrons. The fourth-order valence-corrected chi connectivity index (χ4v) is 3.64. The van der Waals surface area contributed by atoms with E-state index in [1.807, 2.05) is 0 Å². The van der Waals surface area contributed by atoms with Gasteiger partial charge in [0, 0.05) is 11.8 Å². The maximum absolute atomic E-state index is 13.5. The number of rotatable bonds is 11. The van der Waals surface area contributed by atoms with Crippen molar-refractivity contribution in [3.8, 4) is 11.5 Å². The quantitative estimate of drug-likeness (QED) is 0.226. The Bertz CT molecular complexity index is 1030. The molecular weight excluding hydrogens is 455 g/mol. The number of nitrogens with two attached hydrogens (primary N) is 1. The summed E-state index contributed by atoms with van der Waals surface area (Å²) in [5, 5.41) is 3.38. The summed E-state index contributed by atoms with van der Waals surface area (Å²) in [5.41, 5.74) is 5.44. The molecule has 0 unspecified atom stereocenters. The van der Waals surface area contributed by atoms with E-state index in [0.29, 0.717) is 17.2 Å². The van der Waals surface area contributed by atoms with Crippen molar-refractivity contribution in [3.05, 3.63) is 58.5 Å². The average molecular weight is 482 g/mol. The van der Waals surface area contributed by atoms with Crippen LogP contribution in [0.2, 0.25) is 0 Å². The summed E-state index contributed by atoms with van der Waals surface area (Å²) in [6.07, 6.45) is 0.118. The number of halogens is 3. The SMILES string of the molecule is CC/C=C(COc1cc(/N=C/Nc2ccc(OC)cc2)sc1C(N)=O)\C(=C/CC)C(F)(F)F. The molecule has 1 amide bonds. The molecule has 0 aliphatic carbocycles. The molecule has 0 aliphatic heterocycles. The van der Waals surface area contributed by atoms with E-state index in [0.717, 1.165) is 23.1 Å². The third-order valence-electron chi connectivity index (χ3n) is 4.32. The van der Waals surface area contributed by atoms with Crippen molar-refractivity contribution in [3.63, 3.8) is 0 Å². The second-order valence-electron chi connectivity index (χ2n) is 6.72. The van der Waals surface area contributed by atoms with Gasteiger partial charge in [0.2, 0.25) is 0 Å². The van der Waals surface area contributed by atoms with Crippen molar-refractivity contribution in [2.24, 2.45) is 10.7 Å². The van der Waals surface area contributed by atoms with Crippen LogP contribution in [0.25, 0.3) is 0 Å². The minimum absolute atomic E-state index is 0.000283. The first-order valence-electron chi connectivity index (χ1n) is 10.2. The van der Waals surface area contributed by atoms with Gasteiger partial charge in [0.1, 0.15) is 28.0 Å². The Hall–Kier alpha value is -3.27. The molecule has 0 spiro atoms. The molecule has 1 heterocycles. The van der Waals surface area contributed by atoms with Gasteiger partial charge in [-0.25, -0.2) is 4.99 Å². The molecule has 178 valence electrons. The van der Waals surface area contributed by atoms with Gasteiger partial charge >= 0.3 is 6.18 Å². The summed E-state index contributed by atoms with van der Waals surface area (Å²) in [6, 6.07) is 8.63. The van der Waals surface area contributed by atoms with Crippen molar-refractivity contribution in [2.45, 2.75) is 32.9 Å². The highest BCUT2D eigenvalue weighted by Crippen LogP contribution is 2.37. The van der Waals surface area contributed by atoms with Crippen molar-refractivity contribution < 1.29 is 27.4 Å². The number of alkyl halides is 3. The van der Waals surface area contributed by atoms with Crippen LogP contribution in [-0.4, -0.2) is 32.1 Å². The summed E-state index contributed by atoms with van der Waals surface area (Å²) in [7, 11) is 1.57. The molecule has 0 atom stereocenters. The van der Waals surface area contributed by atoms with E-state index < -0.39 is 17.7 Å². The first kappa shape index (κ1) is 26.0. The predicted octanol–water partition coefficient (Wildman–Crippen LogP) is 6.24. The van der Waals surface area contributed by atoms with E-state index in [1.54, 1.807) is 45.2 Å². The van der Waals surface area contributed by atoms with Crippen LogP contribution in [0.1, 0.15) is 36.4 Å². The number of carbonyl (C=O) groups excluding carboxylic acids is 1. The zero-order valence-corrected chi connectivity index (χ0v) is 19.3. The lowest BCUT2D eigenvalue weighted by Crippen LogP contribution is -2.18. The van der Waals surface area contributed by atoms with Crippen LogP contribution in [0.3, 0.4) is 0 Å². The van der Waals surface area contributed by atoms with Crippen molar-refractivity contribution in [2.75, 3.05) is 19.0 Å². The maximum atomic E-state index is 13.5. The fourth-order valence-electron chi connectivity index (χ4n) is 2.84. The number of amides is 1. The number of methoxy groups -OCH3 is 1. The molecule has 0 aliphatic rings. The van der Waals surface area contributed by atoms with Crippen molar-refractivity contribution >= 4 is 34.3 Å². The topological polar surface area (TPSA) is 85.9 Å². The van der Waals surface area contributed by atoms with Crippen LogP contribution >= 0.6 is 11.3 Å². The molecule has 0 saturated heterocycles. The van der Waals surface area contributed by atoms with E-state index in [2.05, 4.69) is 10.3 Å². The average Bonchev–Trinajstić information content (AvgIpc) is 3.18. The van der Waals surface area contributed by atoms with Gasteiger partial charge in [0.25, 0.3) is 5.91 Å². The zero-order valence-electron chi connectivity index (χ0n) is 18.5. The zero-order chi connectivity index (χ0) is 24.4. The number of nitrogens with one attached hydrogen (secondary N) is 1. The number of benzene rings is 1. The van der Waals surface area contributed by atoms with Crippen molar-refractivity contribution in [1.29, 1.82) is 0 Å². The van der Waals surface area contributed by atoms with Gasteiger partial charge in [0.05, 0.1) is 19.0 Å². The highest BCUT2D eigenvalue weighted by molar-refractivity contribution is 7.18. The highest BCUT2D eigenvalue weighted by Gasteiger charge is 2.35. The molecule has 0 saturated carbocycles. The van der Waals surface area contributed by atoms with E-state index in [-0.39, 0.29) is 29.2 Å². The Labute approximate surface area is 194 Å². The maximum Gasteiger partial charge on any atom is 0.416 e. The minimum Gasteiger partial charge on any atom is -0.497 e. The number of aliphatic imine (C=N–C) groups is 1. The Morgan fingerprint density at radius 1 is 1.18 bits per heavy atom. The van der Waals surface area contributed by atoms with Crippen LogP contribution in [-0.2, 0) is 0 Å². The molecule has 2 rings (SSSR count). The van der Waals surface area contributed by atoms with E-state index in [1.165, 1.54) is 18.5 Å². The van der Waals surface area contributed by atoms with Crippen LogP contribution in [0, 0.1) is 0 Å². The fraction of sp³-hybridized carbons (Fsp3) is 0.304. The standard InChI is InChI=1S/C23H26F3N3O3S/c1-4-6-15(18(7-5-2)23(24,25)26)13-32-19-12-20(33-21(19)22(27)30)29-14-28-16-8-10-17(31-3)11-9-16/h6-12,14H,4-5,13H2,1-3H3,(H2,27,30)(H,28,29)/b15-6-,18-7+. The second-order valence-corrected chi connectivity index (χ2v) is 7.75. The van der Waals surface area contributed by atoms with Gasteiger partial charge in [0.15, 0.2) is 0 Å². The number of hydrogen-bond acceptors (Lipinski definition) is 5. The van der Waals surface area contributed by atoms with Crippen LogP contribution in [0.4, 0.5) is 23.9 Å². The summed E-state index contributed by atoms with van der Waals surface area (Å²) < 4.78 is 51.1. The Balaban J connectivity index is 2.18. The molecule has 6 nitrogen and oxygen atoms in total. The number of allylic oxidation sites excluding steroid dienone is 2. The highest BCUT2D eigenvalue weighted by atomic mass is 32.1. The summed E-state index contributed by atoms with van der Waals surface area (Å²) >= 11 is 0.984. The number of hydrogen-bond donors (Lipinski definition) is 2. The normalized spacial score (nSPS) is 12.8. The van der Waals surface area contributed by atoms with Gasteiger partial charge in [-0.2, -0.15) is 13.2 Å². The molecule has 33 heavy (non-hydrogen) atoms. The molecule has 10 heteroatoms. The Morgan fingerprint density at radius 2 is 1.85 bits per heavy atom. The number of ether oxygens (including phenoxy) is 2. The number of thiophene rings is 1. The van der Waals surface area contributed by atoms with Gasteiger partial charge < -0.3 is 20.5 Å². The molecular formula is C23H26F3N3O3S. The van der Waals surface area contributed by atoms with Gasteiger partial charge in [-0.1, -0.05) is 26.0 Å². The van der Waals surface area contributed by atoms with Crippen LogP contribution in [0.5, 0.6) is 11.5 Å². The Kier molecular flexibility index (Phi) is 9.53. The monoisotopic (exact) mass is 481 g/mol. The first-order valence-corrected chi connectivity index (χ1v) is 11.0. The summed E-state index contributed by atoms with van der Waals surface area (Å²) in [4.78, 5) is 16.1. The summed E-state index contributed by atoms with van der Waals surface area (Å²) in [5.74, 6) is 0.0486. The summed E-state index contributed by atoms with van der Waals surface area (Å²) in [6.45, 7) is 3.01. The first-order chi connectivity index (χ1) is 15.7. The molecule has 3 N–H and O–H groups in total. The number of carbonyl (C=O) groups is 1. The lowest BCUT2D eigenvalue weighted by atomic mass is 10.0. The van der Waals surface area contributed by atoms with Crippen molar-refractivity contribution in [1.82, 2.24) is 0 Å². The van der Waals surface area contributed by atoms with Gasteiger partial charge in [-0.3, -0.25) is 4.79 Å². The van der Waals surface area contributed by atoms with E-state index >= 15 is 0 Å². The smallest absolute Gasteiger partial charge is 0.416 e. The van der Waals surface area contributed by atoms with Crippen LogP contribution < -0.4 is 20.5 Å². The van der Waals surface area contributed by atoms with E-state index in [9.17, 15) is 18.0 Å². The number of nitrogens with zero attached hydrogens (tertiary/aromatic N) is 1. The molecule has 2 aromatic rings. The third kappa shape index (κ3) is 7.67. The number of anilines is 1. The second kappa shape index (κ2) is 12.1. The molecule has 0 fully saturated rings. The van der Waals surface area contributed by atoms with Gasteiger partial charge in [-0.15, -0.1) is 11.3 Å². The predicted molar refractivity (Wildman–Crippen MR) is 126 cm³/mol. The lowest BCUT2D eigenvalue weighted by molar-refractivity contribution is -0.0901. The lowest BCUT2D eigenvalue weighted by Gasteiger charge is -2.16. The largest absolute Gasteiger partial charge is 0.497 e. The van der Waals surface area contributed by atoms with E-state index in [4.69, 9.17) is 15.2 Å². The molecule has 0 bridgehead atoms.